The van der Waals surface area contributed by atoms with E-state index in [0.29, 0.717) is 19.0 Å². The minimum atomic E-state index is -3.72. The summed E-state index contributed by atoms with van der Waals surface area (Å²) in [6.45, 7) is 5.38. The number of aliphatic carboxylic acids is 1. The molecule has 0 bridgehead atoms. The lowest BCUT2D eigenvalue weighted by Gasteiger charge is -2.34. The number of carbonyl (C=O) groups is 1. The zero-order valence-corrected chi connectivity index (χ0v) is 12.2. The predicted molar refractivity (Wildman–Crippen MR) is 68.4 cm³/mol. The maximum absolute atomic E-state index is 12.4. The Balaban J connectivity index is 2.92. The maximum atomic E-state index is 12.4. The van der Waals surface area contributed by atoms with Crippen molar-refractivity contribution in [3.63, 3.8) is 0 Å². The average molecular weight is 278 g/mol. The van der Waals surface area contributed by atoms with Crippen LogP contribution in [0.2, 0.25) is 0 Å². The van der Waals surface area contributed by atoms with Crippen molar-refractivity contribution in [2.75, 3.05) is 20.1 Å². The molecule has 7 heteroatoms. The molecule has 1 aliphatic rings. The molecule has 0 unspecified atom stereocenters. The smallest absolute Gasteiger partial charge is 0.324 e. The summed E-state index contributed by atoms with van der Waals surface area (Å²) in [7, 11) is -2.40. The molecule has 106 valence electrons. The summed E-state index contributed by atoms with van der Waals surface area (Å²) in [5, 5.41) is 9.10. The fourth-order valence-corrected chi connectivity index (χ4v) is 3.30. The molecule has 0 saturated heterocycles. The molecule has 0 aromatic rings. The average Bonchev–Trinajstić information content (AvgIpc) is 3.07. The molecule has 0 amide bonds. The molecule has 6 nitrogen and oxygen atoms in total. The molecular formula is C11H22N2O4S. The normalized spacial score (nSPS) is 17.4. The number of carboxylic acid groups (broad SMARTS) is 1. The molecule has 0 aliphatic heterocycles. The SMILES string of the molecule is CCN(CC1CC1)S(=O)(=O)N(C)C(C)(C)C(=O)O. The lowest BCUT2D eigenvalue weighted by atomic mass is 10.1. The highest BCUT2D eigenvalue weighted by molar-refractivity contribution is 7.86. The van der Waals surface area contributed by atoms with Crippen molar-refractivity contribution < 1.29 is 18.3 Å². The van der Waals surface area contributed by atoms with Gasteiger partial charge in [-0.05, 0) is 32.6 Å². The second-order valence-electron chi connectivity index (χ2n) is 5.23. The zero-order valence-electron chi connectivity index (χ0n) is 11.4. The predicted octanol–water partition coefficient (Wildman–Crippen LogP) is 0.758. The Bertz CT molecular complexity index is 415. The van der Waals surface area contributed by atoms with Gasteiger partial charge in [-0.15, -0.1) is 0 Å². The number of hydrogen-bond donors (Lipinski definition) is 1. The Morgan fingerprint density at radius 2 is 1.89 bits per heavy atom. The minimum Gasteiger partial charge on any atom is -0.480 e. The molecule has 0 radical (unpaired) electrons. The van der Waals surface area contributed by atoms with Crippen molar-refractivity contribution in [1.29, 1.82) is 0 Å². The number of rotatable bonds is 7. The fraction of sp³-hybridized carbons (Fsp3) is 0.909. The summed E-state index contributed by atoms with van der Waals surface area (Å²) < 4.78 is 27.0. The number of likely N-dealkylation sites (N-methyl/N-ethyl adjacent to an activating group) is 1. The molecule has 1 aliphatic carbocycles. The van der Waals surface area contributed by atoms with E-state index in [-0.39, 0.29) is 0 Å². The van der Waals surface area contributed by atoms with E-state index in [1.807, 2.05) is 0 Å². The highest BCUT2D eigenvalue weighted by Gasteiger charge is 2.42. The van der Waals surface area contributed by atoms with Gasteiger partial charge < -0.3 is 5.11 Å². The van der Waals surface area contributed by atoms with Crippen molar-refractivity contribution in [1.82, 2.24) is 8.61 Å². The van der Waals surface area contributed by atoms with Crippen LogP contribution in [-0.4, -0.2) is 53.8 Å². The van der Waals surface area contributed by atoms with Crippen LogP contribution in [0.4, 0.5) is 0 Å². The maximum Gasteiger partial charge on any atom is 0.324 e. The van der Waals surface area contributed by atoms with Crippen LogP contribution in [-0.2, 0) is 15.0 Å². The number of hydrogen-bond acceptors (Lipinski definition) is 3. The van der Waals surface area contributed by atoms with Gasteiger partial charge in [0.05, 0.1) is 0 Å². The summed E-state index contributed by atoms with van der Waals surface area (Å²) in [5.41, 5.74) is -1.45. The van der Waals surface area contributed by atoms with Crippen LogP contribution in [0, 0.1) is 5.92 Å². The lowest BCUT2D eigenvalue weighted by Crippen LogP contribution is -2.55. The highest BCUT2D eigenvalue weighted by Crippen LogP contribution is 2.31. The van der Waals surface area contributed by atoms with Crippen LogP contribution in [0.3, 0.4) is 0 Å². The molecule has 1 fully saturated rings. The van der Waals surface area contributed by atoms with Gasteiger partial charge in [-0.25, -0.2) is 0 Å². The molecule has 18 heavy (non-hydrogen) atoms. The Morgan fingerprint density at radius 1 is 1.39 bits per heavy atom. The van der Waals surface area contributed by atoms with E-state index in [1.165, 1.54) is 25.2 Å². The zero-order chi connectivity index (χ0) is 14.1. The first-order valence-electron chi connectivity index (χ1n) is 6.11. The van der Waals surface area contributed by atoms with Gasteiger partial charge in [0.15, 0.2) is 0 Å². The Kier molecular flexibility index (Phi) is 4.40. The molecule has 1 N–H and O–H groups in total. The molecule has 0 spiro atoms. The third-order valence-corrected chi connectivity index (χ3v) is 5.70. The fourth-order valence-electron chi connectivity index (χ4n) is 1.57. The molecule has 0 aromatic carbocycles. The molecule has 1 saturated carbocycles. The Labute approximate surface area is 109 Å². The van der Waals surface area contributed by atoms with Crippen LogP contribution >= 0.6 is 0 Å². The van der Waals surface area contributed by atoms with Gasteiger partial charge in [-0.1, -0.05) is 6.92 Å². The van der Waals surface area contributed by atoms with Crippen LogP contribution in [0.15, 0.2) is 0 Å². The van der Waals surface area contributed by atoms with Crippen molar-refractivity contribution in [2.45, 2.75) is 39.2 Å². The van der Waals surface area contributed by atoms with Gasteiger partial charge in [0.1, 0.15) is 5.54 Å². The molecule has 0 heterocycles. The summed E-state index contributed by atoms with van der Waals surface area (Å²) in [6.07, 6.45) is 2.11. The molecular weight excluding hydrogens is 256 g/mol. The first-order valence-corrected chi connectivity index (χ1v) is 7.51. The van der Waals surface area contributed by atoms with Crippen molar-refractivity contribution in [2.24, 2.45) is 5.92 Å². The van der Waals surface area contributed by atoms with E-state index in [1.54, 1.807) is 6.92 Å². The quantitative estimate of drug-likeness (QED) is 0.745. The Hall–Kier alpha value is -0.660. The molecule has 0 aromatic heterocycles. The van der Waals surface area contributed by atoms with E-state index >= 15 is 0 Å². The third kappa shape index (κ3) is 3.02. The van der Waals surface area contributed by atoms with Crippen LogP contribution in [0.1, 0.15) is 33.6 Å². The lowest BCUT2D eigenvalue weighted by molar-refractivity contribution is -0.146. The van der Waals surface area contributed by atoms with Gasteiger partial charge in [0, 0.05) is 20.1 Å². The summed E-state index contributed by atoms with van der Waals surface area (Å²) in [6, 6.07) is 0. The monoisotopic (exact) mass is 278 g/mol. The second-order valence-corrected chi connectivity index (χ2v) is 7.19. The van der Waals surface area contributed by atoms with Crippen molar-refractivity contribution in [3.8, 4) is 0 Å². The van der Waals surface area contributed by atoms with Crippen molar-refractivity contribution >= 4 is 16.2 Å². The van der Waals surface area contributed by atoms with E-state index in [4.69, 9.17) is 5.11 Å². The van der Waals surface area contributed by atoms with Crippen LogP contribution in [0.5, 0.6) is 0 Å². The van der Waals surface area contributed by atoms with Gasteiger partial charge in [-0.2, -0.15) is 17.0 Å². The standard InChI is InChI=1S/C11H22N2O4S/c1-5-13(8-9-6-7-9)18(16,17)12(4)11(2,3)10(14)15/h9H,5-8H2,1-4H3,(H,14,15). The number of carboxylic acids is 1. The minimum absolute atomic E-state index is 0.360. The van der Waals surface area contributed by atoms with Gasteiger partial charge >= 0.3 is 5.97 Å². The molecule has 0 atom stereocenters. The summed E-state index contributed by atoms with van der Waals surface area (Å²) in [4.78, 5) is 11.1. The van der Waals surface area contributed by atoms with Crippen LogP contribution in [0.25, 0.3) is 0 Å². The summed E-state index contributed by atoms with van der Waals surface area (Å²) >= 11 is 0. The topological polar surface area (TPSA) is 77.9 Å². The first kappa shape index (κ1) is 15.4. The van der Waals surface area contributed by atoms with E-state index < -0.39 is 21.7 Å². The van der Waals surface area contributed by atoms with Gasteiger partial charge in [0.25, 0.3) is 10.2 Å². The third-order valence-electron chi connectivity index (χ3n) is 3.49. The van der Waals surface area contributed by atoms with Crippen molar-refractivity contribution in [3.05, 3.63) is 0 Å². The van der Waals surface area contributed by atoms with Gasteiger partial charge in [0.2, 0.25) is 0 Å². The summed E-state index contributed by atoms with van der Waals surface area (Å²) in [5.74, 6) is -0.725. The second kappa shape index (κ2) is 5.14. The largest absolute Gasteiger partial charge is 0.480 e. The number of nitrogens with zero attached hydrogens (tertiary/aromatic N) is 2. The van der Waals surface area contributed by atoms with E-state index in [0.717, 1.165) is 17.1 Å². The molecule has 1 rings (SSSR count). The Morgan fingerprint density at radius 3 is 2.22 bits per heavy atom. The van der Waals surface area contributed by atoms with Gasteiger partial charge in [-0.3, -0.25) is 4.79 Å². The van der Waals surface area contributed by atoms with Crippen LogP contribution < -0.4 is 0 Å². The highest BCUT2D eigenvalue weighted by atomic mass is 32.2. The van der Waals surface area contributed by atoms with E-state index in [9.17, 15) is 13.2 Å². The van der Waals surface area contributed by atoms with E-state index in [2.05, 4.69) is 0 Å². The first-order chi connectivity index (χ1) is 8.14.